The van der Waals surface area contributed by atoms with Gasteiger partial charge in [0.05, 0.1) is 16.6 Å². The lowest BCUT2D eigenvalue weighted by Gasteiger charge is -2.22. The first-order valence-electron chi connectivity index (χ1n) is 9.03. The summed E-state index contributed by atoms with van der Waals surface area (Å²) in [5.74, 6) is 0.881. The summed E-state index contributed by atoms with van der Waals surface area (Å²) in [7, 11) is 0. The first-order chi connectivity index (χ1) is 13.4. The second-order valence-corrected chi connectivity index (χ2v) is 6.81. The zero-order chi connectivity index (χ0) is 17.8. The molecule has 0 saturated heterocycles. The van der Waals surface area contributed by atoms with Gasteiger partial charge in [-0.05, 0) is 40.8 Å². The second-order valence-electron chi connectivity index (χ2n) is 6.81. The Bertz CT molecular complexity index is 1340. The molecule has 3 heterocycles. The van der Waals surface area contributed by atoms with Crippen molar-refractivity contribution in [3.63, 3.8) is 0 Å². The van der Waals surface area contributed by atoms with Gasteiger partial charge in [-0.15, -0.1) is 0 Å². The van der Waals surface area contributed by atoms with Crippen molar-refractivity contribution in [2.75, 3.05) is 5.32 Å². The fourth-order valence-electron chi connectivity index (χ4n) is 3.98. The van der Waals surface area contributed by atoms with Crippen molar-refractivity contribution in [2.24, 2.45) is 0 Å². The Kier molecular flexibility index (Phi) is 2.88. The molecule has 3 aromatic carbocycles. The van der Waals surface area contributed by atoms with E-state index in [9.17, 15) is 0 Å². The van der Waals surface area contributed by atoms with Crippen LogP contribution >= 0.6 is 0 Å². The van der Waals surface area contributed by atoms with Crippen LogP contribution in [-0.4, -0.2) is 9.97 Å². The molecule has 0 bridgehead atoms. The maximum absolute atomic E-state index is 4.86. The lowest BCUT2D eigenvalue weighted by molar-refractivity contribution is 1.31. The van der Waals surface area contributed by atoms with Gasteiger partial charge in [0.2, 0.25) is 0 Å². The molecular weight excluding hydrogens is 330 g/mol. The molecular formula is C24H15N3. The van der Waals surface area contributed by atoms with Crippen molar-refractivity contribution >= 4 is 33.2 Å². The van der Waals surface area contributed by atoms with Crippen LogP contribution in [-0.2, 0) is 0 Å². The number of fused-ring (bicyclic) bond motifs is 4. The van der Waals surface area contributed by atoms with E-state index in [1.807, 2.05) is 18.3 Å². The molecule has 1 aliphatic rings. The molecule has 5 aromatic rings. The molecule has 1 aliphatic heterocycles. The summed E-state index contributed by atoms with van der Waals surface area (Å²) in [4.78, 5) is 9.60. The third-order valence-corrected chi connectivity index (χ3v) is 5.25. The van der Waals surface area contributed by atoms with Crippen LogP contribution in [0.3, 0.4) is 0 Å². The highest BCUT2D eigenvalue weighted by molar-refractivity contribution is 6.17. The van der Waals surface area contributed by atoms with Crippen molar-refractivity contribution in [2.45, 2.75) is 0 Å². The van der Waals surface area contributed by atoms with Crippen LogP contribution in [0.2, 0.25) is 0 Å². The standard InChI is InChI=1S/C24H15N3/c1-2-6-15(7-3-1)16-10-11-21-19(14-16)23-22-18(12-13-25-23)17-8-4-5-9-20(17)26-24(22)27-21/h1-14H,(H,26,27). The second kappa shape index (κ2) is 5.39. The molecule has 3 heteroatoms. The van der Waals surface area contributed by atoms with Gasteiger partial charge >= 0.3 is 0 Å². The van der Waals surface area contributed by atoms with Crippen LogP contribution in [0, 0.1) is 0 Å². The highest BCUT2D eigenvalue weighted by atomic mass is 15.0. The van der Waals surface area contributed by atoms with Gasteiger partial charge in [0.25, 0.3) is 0 Å². The quantitative estimate of drug-likeness (QED) is 0.362. The van der Waals surface area contributed by atoms with Gasteiger partial charge in [-0.2, -0.15) is 0 Å². The van der Waals surface area contributed by atoms with Gasteiger partial charge in [0.15, 0.2) is 0 Å². The number of aromatic nitrogens is 2. The van der Waals surface area contributed by atoms with E-state index >= 15 is 0 Å². The van der Waals surface area contributed by atoms with E-state index in [0.717, 1.165) is 39.1 Å². The molecule has 0 fully saturated rings. The number of nitrogens with one attached hydrogen (secondary N) is 1. The summed E-state index contributed by atoms with van der Waals surface area (Å²) in [5.41, 5.74) is 6.54. The first-order valence-corrected chi connectivity index (χ1v) is 9.03. The van der Waals surface area contributed by atoms with Crippen LogP contribution < -0.4 is 5.32 Å². The number of para-hydroxylation sites is 1. The number of hydrogen-bond donors (Lipinski definition) is 1. The van der Waals surface area contributed by atoms with E-state index < -0.39 is 0 Å². The molecule has 0 saturated carbocycles. The number of pyridine rings is 2. The monoisotopic (exact) mass is 345 g/mol. The molecule has 2 aromatic heterocycles. The summed E-state index contributed by atoms with van der Waals surface area (Å²) in [6.07, 6.45) is 1.90. The van der Waals surface area contributed by atoms with Crippen molar-refractivity contribution in [1.29, 1.82) is 0 Å². The zero-order valence-corrected chi connectivity index (χ0v) is 14.5. The summed E-state index contributed by atoms with van der Waals surface area (Å²) in [5, 5.41) is 6.96. The normalized spacial score (nSPS) is 12.0. The van der Waals surface area contributed by atoms with Gasteiger partial charge in [0, 0.05) is 22.8 Å². The molecule has 0 unspecified atom stereocenters. The van der Waals surface area contributed by atoms with Gasteiger partial charge in [-0.1, -0.05) is 54.6 Å². The smallest absolute Gasteiger partial charge is 0.141 e. The van der Waals surface area contributed by atoms with Crippen LogP contribution in [0.1, 0.15) is 0 Å². The van der Waals surface area contributed by atoms with Crippen molar-refractivity contribution < 1.29 is 0 Å². The average molecular weight is 345 g/mol. The minimum Gasteiger partial charge on any atom is -0.339 e. The predicted molar refractivity (Wildman–Crippen MR) is 111 cm³/mol. The molecule has 0 spiro atoms. The maximum atomic E-state index is 4.86. The Labute approximate surface area is 156 Å². The highest BCUT2D eigenvalue weighted by Crippen LogP contribution is 2.44. The minimum absolute atomic E-state index is 0.881. The van der Waals surface area contributed by atoms with Crippen molar-refractivity contribution in [1.82, 2.24) is 9.97 Å². The van der Waals surface area contributed by atoms with E-state index in [0.29, 0.717) is 0 Å². The van der Waals surface area contributed by atoms with Crippen LogP contribution in [0.15, 0.2) is 85.1 Å². The lowest BCUT2D eigenvalue weighted by Crippen LogP contribution is -2.05. The molecule has 0 amide bonds. The van der Waals surface area contributed by atoms with Crippen LogP contribution in [0.4, 0.5) is 11.5 Å². The SMILES string of the molecule is c1ccc(-c2ccc3c(c2)-c2nccc4c2c(nc2ccccc24)N3)cc1. The number of hydrogen-bond acceptors (Lipinski definition) is 3. The zero-order valence-electron chi connectivity index (χ0n) is 14.5. The summed E-state index contributed by atoms with van der Waals surface area (Å²) < 4.78 is 0. The van der Waals surface area contributed by atoms with E-state index in [-0.39, 0.29) is 0 Å². The third-order valence-electron chi connectivity index (χ3n) is 5.25. The Morgan fingerprint density at radius 2 is 1.56 bits per heavy atom. The molecule has 27 heavy (non-hydrogen) atoms. The van der Waals surface area contributed by atoms with E-state index in [2.05, 4.69) is 72.0 Å². The first kappa shape index (κ1) is 14.4. The minimum atomic E-state index is 0.881. The summed E-state index contributed by atoms with van der Waals surface area (Å²) in [6, 6.07) is 27.3. The van der Waals surface area contributed by atoms with Crippen LogP contribution in [0.5, 0.6) is 0 Å². The Morgan fingerprint density at radius 3 is 2.48 bits per heavy atom. The highest BCUT2D eigenvalue weighted by Gasteiger charge is 2.22. The molecule has 3 nitrogen and oxygen atoms in total. The average Bonchev–Trinajstić information content (AvgIpc) is 2.74. The van der Waals surface area contributed by atoms with Crippen LogP contribution in [0.25, 0.3) is 44.1 Å². The van der Waals surface area contributed by atoms with Gasteiger partial charge in [-0.3, -0.25) is 4.98 Å². The van der Waals surface area contributed by atoms with Gasteiger partial charge < -0.3 is 5.32 Å². The number of rotatable bonds is 1. The van der Waals surface area contributed by atoms with E-state index in [4.69, 9.17) is 9.97 Å². The fourth-order valence-corrected chi connectivity index (χ4v) is 3.98. The molecule has 1 N–H and O–H groups in total. The topological polar surface area (TPSA) is 37.8 Å². The number of anilines is 2. The maximum Gasteiger partial charge on any atom is 0.141 e. The molecule has 6 rings (SSSR count). The predicted octanol–water partition coefficient (Wildman–Crippen LogP) is 6.17. The molecule has 0 radical (unpaired) electrons. The van der Waals surface area contributed by atoms with Crippen molar-refractivity contribution in [3.8, 4) is 22.4 Å². The van der Waals surface area contributed by atoms with E-state index in [1.165, 1.54) is 16.5 Å². The number of benzene rings is 3. The van der Waals surface area contributed by atoms with Gasteiger partial charge in [0.1, 0.15) is 5.82 Å². The fraction of sp³-hybridized carbons (Fsp3) is 0. The lowest BCUT2D eigenvalue weighted by atomic mass is 9.94. The third kappa shape index (κ3) is 2.09. The van der Waals surface area contributed by atoms with E-state index in [1.54, 1.807) is 0 Å². The molecule has 126 valence electrons. The largest absolute Gasteiger partial charge is 0.339 e. The Hall–Kier alpha value is -3.72. The Balaban J connectivity index is 1.67. The summed E-state index contributed by atoms with van der Waals surface area (Å²) >= 11 is 0. The summed E-state index contributed by atoms with van der Waals surface area (Å²) in [6.45, 7) is 0. The number of nitrogens with zero attached hydrogens (tertiary/aromatic N) is 2. The molecule has 0 aliphatic carbocycles. The van der Waals surface area contributed by atoms with Crippen molar-refractivity contribution in [3.05, 3.63) is 85.1 Å². The van der Waals surface area contributed by atoms with Gasteiger partial charge in [-0.25, -0.2) is 4.98 Å². The molecule has 0 atom stereocenters. The Morgan fingerprint density at radius 1 is 0.704 bits per heavy atom.